The molecule has 1 aliphatic heterocycles. The number of halogens is 1. The fourth-order valence-electron chi connectivity index (χ4n) is 3.46. The van der Waals surface area contributed by atoms with Gasteiger partial charge in [-0.05, 0) is 56.2 Å². The van der Waals surface area contributed by atoms with Crippen LogP contribution in [0, 0.1) is 0 Å². The van der Waals surface area contributed by atoms with Crippen LogP contribution in [0.5, 0.6) is 0 Å². The van der Waals surface area contributed by atoms with Crippen molar-refractivity contribution >= 4 is 35.0 Å². The van der Waals surface area contributed by atoms with Gasteiger partial charge < -0.3 is 10.7 Å². The molecule has 144 valence electrons. The number of fused-ring (bicyclic) bond motifs is 1. The summed E-state index contributed by atoms with van der Waals surface area (Å²) in [4.78, 5) is 15.0. The quantitative estimate of drug-likeness (QED) is 0.520. The molecule has 4 rings (SSSR count). The number of rotatable bonds is 4. The van der Waals surface area contributed by atoms with E-state index in [-0.39, 0.29) is 17.2 Å². The zero-order chi connectivity index (χ0) is 19.8. The molecule has 1 amide bonds. The maximum Gasteiger partial charge on any atom is 0.240 e. The minimum atomic E-state index is -0.349. The molecule has 0 unspecified atom stereocenters. The third-order valence-electron chi connectivity index (χ3n) is 4.84. The number of nitrogen functional groups attached to an aromatic ring is 1. The topological polar surface area (TPSA) is 77.0 Å². The van der Waals surface area contributed by atoms with Crippen LogP contribution in [0.4, 0.5) is 5.69 Å². The van der Waals surface area contributed by atoms with E-state index in [1.807, 2.05) is 42.2 Å². The van der Waals surface area contributed by atoms with E-state index < -0.39 is 0 Å². The summed E-state index contributed by atoms with van der Waals surface area (Å²) in [5.41, 5.74) is 3.00. The lowest BCUT2D eigenvalue weighted by atomic mass is 10.1. The van der Waals surface area contributed by atoms with E-state index in [0.717, 1.165) is 17.7 Å². The fraction of sp³-hybridized carbons (Fsp3) is 0.250. The zero-order valence-corrected chi connectivity index (χ0v) is 17.1. The van der Waals surface area contributed by atoms with E-state index in [1.54, 1.807) is 12.1 Å². The Bertz CT molecular complexity index is 1020. The number of aromatic nitrogens is 3. The Morgan fingerprint density at radius 3 is 2.68 bits per heavy atom. The van der Waals surface area contributed by atoms with Crippen molar-refractivity contribution in [3.8, 4) is 11.4 Å². The number of hydrogen-bond acceptors (Lipinski definition) is 5. The van der Waals surface area contributed by atoms with E-state index in [2.05, 4.69) is 23.2 Å². The number of thioether (sulfide) groups is 1. The van der Waals surface area contributed by atoms with Crippen LogP contribution in [0.15, 0.2) is 53.7 Å². The average molecular weight is 414 g/mol. The molecule has 0 saturated carbocycles. The Morgan fingerprint density at radius 2 is 1.93 bits per heavy atom. The van der Waals surface area contributed by atoms with Crippen LogP contribution in [0.25, 0.3) is 11.4 Å². The standard InChI is InChI=1S/C20H20ClN5OS/c1-12-11-15-5-3-4-6-17(15)25(12)19(27)13(2)28-20-24-23-18(26(20)22)14-7-9-16(21)10-8-14/h3-10,12-13H,11,22H2,1-2H3/t12-,13-/m0/s1. The van der Waals surface area contributed by atoms with E-state index in [0.29, 0.717) is 16.0 Å². The lowest BCUT2D eigenvalue weighted by molar-refractivity contribution is -0.118. The SMILES string of the molecule is C[C@H](Sc1nnc(-c2ccc(Cl)cc2)n1N)C(=O)N1c2ccccc2C[C@@H]1C. The first kappa shape index (κ1) is 18.8. The number of carbonyl (C=O) groups excluding carboxylic acids is 1. The van der Waals surface area contributed by atoms with Gasteiger partial charge in [-0.2, -0.15) is 0 Å². The monoisotopic (exact) mass is 413 g/mol. The molecule has 0 spiro atoms. The van der Waals surface area contributed by atoms with Crippen molar-refractivity contribution in [2.75, 3.05) is 10.7 Å². The Hall–Kier alpha value is -2.51. The summed E-state index contributed by atoms with van der Waals surface area (Å²) in [6.07, 6.45) is 0.868. The average Bonchev–Trinajstić information content (AvgIpc) is 3.21. The molecule has 1 aliphatic rings. The molecule has 6 nitrogen and oxygen atoms in total. The third kappa shape index (κ3) is 3.36. The number of carbonyl (C=O) groups is 1. The molecule has 3 aromatic rings. The second kappa shape index (κ2) is 7.48. The number of benzene rings is 2. The summed E-state index contributed by atoms with van der Waals surface area (Å²) in [7, 11) is 0. The van der Waals surface area contributed by atoms with Crippen LogP contribution in [0.1, 0.15) is 19.4 Å². The minimum absolute atomic E-state index is 0.0403. The number of hydrogen-bond donors (Lipinski definition) is 1. The number of para-hydroxylation sites is 1. The smallest absolute Gasteiger partial charge is 0.240 e. The zero-order valence-electron chi connectivity index (χ0n) is 15.5. The minimum Gasteiger partial charge on any atom is -0.335 e. The number of nitrogens with two attached hydrogens (primary N) is 1. The first-order chi connectivity index (χ1) is 13.5. The van der Waals surface area contributed by atoms with Gasteiger partial charge in [-0.25, -0.2) is 4.68 Å². The van der Waals surface area contributed by atoms with Gasteiger partial charge in [0.15, 0.2) is 5.82 Å². The van der Waals surface area contributed by atoms with Crippen molar-refractivity contribution in [1.29, 1.82) is 0 Å². The highest BCUT2D eigenvalue weighted by Gasteiger charge is 2.34. The molecule has 28 heavy (non-hydrogen) atoms. The van der Waals surface area contributed by atoms with Crippen molar-refractivity contribution in [2.45, 2.75) is 36.7 Å². The molecule has 2 heterocycles. The van der Waals surface area contributed by atoms with Crippen LogP contribution < -0.4 is 10.7 Å². The summed E-state index contributed by atoms with van der Waals surface area (Å²) >= 11 is 7.24. The second-order valence-electron chi connectivity index (χ2n) is 6.83. The predicted molar refractivity (Wildman–Crippen MR) is 113 cm³/mol. The molecule has 2 atom stereocenters. The highest BCUT2D eigenvalue weighted by atomic mass is 35.5. The van der Waals surface area contributed by atoms with E-state index in [9.17, 15) is 4.79 Å². The lowest BCUT2D eigenvalue weighted by Gasteiger charge is -2.25. The Labute approximate surface area is 172 Å². The predicted octanol–water partition coefficient (Wildman–Crippen LogP) is 3.77. The normalized spacial score (nSPS) is 16.8. The molecule has 0 aliphatic carbocycles. The Kier molecular flexibility index (Phi) is 5.03. The Morgan fingerprint density at radius 1 is 1.21 bits per heavy atom. The molecule has 0 saturated heterocycles. The van der Waals surface area contributed by atoms with Gasteiger partial charge in [0.05, 0.1) is 5.25 Å². The van der Waals surface area contributed by atoms with Crippen LogP contribution in [-0.4, -0.2) is 32.1 Å². The first-order valence-electron chi connectivity index (χ1n) is 8.99. The van der Waals surface area contributed by atoms with Crippen LogP contribution >= 0.6 is 23.4 Å². The largest absolute Gasteiger partial charge is 0.335 e. The van der Waals surface area contributed by atoms with Gasteiger partial charge in [-0.1, -0.05) is 41.6 Å². The van der Waals surface area contributed by atoms with Gasteiger partial charge in [0, 0.05) is 22.3 Å². The molecule has 0 bridgehead atoms. The molecule has 2 N–H and O–H groups in total. The number of anilines is 1. The summed E-state index contributed by atoms with van der Waals surface area (Å²) in [5.74, 6) is 6.76. The van der Waals surface area contributed by atoms with Crippen LogP contribution in [0.2, 0.25) is 5.02 Å². The molecule has 0 fully saturated rings. The third-order valence-corrected chi connectivity index (χ3v) is 6.14. The second-order valence-corrected chi connectivity index (χ2v) is 8.58. The van der Waals surface area contributed by atoms with Gasteiger partial charge >= 0.3 is 0 Å². The highest BCUT2D eigenvalue weighted by Crippen LogP contribution is 2.34. The summed E-state index contributed by atoms with van der Waals surface area (Å²) in [5, 5.41) is 9.13. The van der Waals surface area contributed by atoms with E-state index >= 15 is 0 Å². The molecular weight excluding hydrogens is 394 g/mol. The summed E-state index contributed by atoms with van der Waals surface area (Å²) < 4.78 is 1.42. The van der Waals surface area contributed by atoms with Crippen molar-refractivity contribution in [2.24, 2.45) is 0 Å². The lowest BCUT2D eigenvalue weighted by Crippen LogP contribution is -2.40. The highest BCUT2D eigenvalue weighted by molar-refractivity contribution is 8.00. The van der Waals surface area contributed by atoms with Gasteiger partial charge in [0.2, 0.25) is 11.1 Å². The van der Waals surface area contributed by atoms with E-state index in [4.69, 9.17) is 17.4 Å². The molecule has 0 radical (unpaired) electrons. The first-order valence-corrected chi connectivity index (χ1v) is 10.3. The molecule has 1 aromatic heterocycles. The molecule has 8 heteroatoms. The van der Waals surface area contributed by atoms with Crippen molar-refractivity contribution < 1.29 is 4.79 Å². The van der Waals surface area contributed by atoms with Gasteiger partial charge in [0.1, 0.15) is 0 Å². The molecular formula is C20H20ClN5OS. The van der Waals surface area contributed by atoms with Gasteiger partial charge in [0.25, 0.3) is 0 Å². The fourth-order valence-corrected chi connectivity index (χ4v) is 4.40. The number of amides is 1. The van der Waals surface area contributed by atoms with Crippen molar-refractivity contribution in [3.63, 3.8) is 0 Å². The maximum atomic E-state index is 13.1. The van der Waals surface area contributed by atoms with Crippen LogP contribution in [-0.2, 0) is 11.2 Å². The van der Waals surface area contributed by atoms with Crippen molar-refractivity contribution in [1.82, 2.24) is 14.9 Å². The van der Waals surface area contributed by atoms with Gasteiger partial charge in [-0.3, -0.25) is 4.79 Å². The maximum absolute atomic E-state index is 13.1. The van der Waals surface area contributed by atoms with Gasteiger partial charge in [-0.15, -0.1) is 10.2 Å². The Balaban J connectivity index is 1.53. The summed E-state index contributed by atoms with van der Waals surface area (Å²) in [6.45, 7) is 3.94. The van der Waals surface area contributed by atoms with Crippen molar-refractivity contribution in [3.05, 3.63) is 59.1 Å². The van der Waals surface area contributed by atoms with Crippen LogP contribution in [0.3, 0.4) is 0 Å². The molecule has 2 aromatic carbocycles. The summed E-state index contributed by atoms with van der Waals surface area (Å²) in [6, 6.07) is 15.4. The van der Waals surface area contributed by atoms with E-state index in [1.165, 1.54) is 22.0 Å². The number of nitrogens with zero attached hydrogens (tertiary/aromatic N) is 4.